The van der Waals surface area contributed by atoms with E-state index in [1.165, 1.54) is 0 Å². The number of methoxy groups -OCH3 is 1. The van der Waals surface area contributed by atoms with Gasteiger partial charge in [0.1, 0.15) is 5.75 Å². The average molecular weight is 419 g/mol. The Bertz CT molecular complexity index is 488. The second kappa shape index (κ2) is 9.19. The molecule has 5 nitrogen and oxygen atoms in total. The van der Waals surface area contributed by atoms with Gasteiger partial charge in [-0.25, -0.2) is 0 Å². The van der Waals surface area contributed by atoms with Crippen molar-refractivity contribution in [1.82, 2.24) is 4.90 Å². The van der Waals surface area contributed by atoms with Gasteiger partial charge >= 0.3 is 0 Å². The number of nitrogens with zero attached hydrogens (tertiary/aromatic N) is 2. The van der Waals surface area contributed by atoms with Crippen molar-refractivity contribution in [3.8, 4) is 5.75 Å². The smallest absolute Gasteiger partial charge is 0.191 e. The highest BCUT2D eigenvalue weighted by molar-refractivity contribution is 14.0. The van der Waals surface area contributed by atoms with Gasteiger partial charge in [0.05, 0.1) is 19.8 Å². The molecule has 2 rings (SSSR count). The first-order valence-electron chi connectivity index (χ1n) is 7.47. The van der Waals surface area contributed by atoms with Gasteiger partial charge in [-0.1, -0.05) is 19.1 Å². The van der Waals surface area contributed by atoms with Gasteiger partial charge in [0.2, 0.25) is 0 Å². The maximum Gasteiger partial charge on any atom is 0.191 e. The Morgan fingerprint density at radius 1 is 1.45 bits per heavy atom. The standard InChI is InChI=1S/C16H25N3O2.HI/c1-12-6-8-19(9-7-12)16(17)18-11-15(20)13-4-3-5-14(10-13)21-2;/h3-5,10,12,15,20H,6-9,11H2,1-2H3,(H2,17,18);1H. The SMILES string of the molecule is COc1cccc(C(O)CN=C(N)N2CCC(C)CC2)c1.I. The van der Waals surface area contributed by atoms with E-state index in [0.717, 1.165) is 43.2 Å². The van der Waals surface area contributed by atoms with Crippen molar-refractivity contribution < 1.29 is 9.84 Å². The molecule has 1 aliphatic rings. The lowest BCUT2D eigenvalue weighted by atomic mass is 10.00. The Morgan fingerprint density at radius 3 is 2.77 bits per heavy atom. The van der Waals surface area contributed by atoms with Gasteiger partial charge in [0, 0.05) is 13.1 Å². The monoisotopic (exact) mass is 419 g/mol. The zero-order chi connectivity index (χ0) is 15.2. The Morgan fingerprint density at radius 2 is 2.14 bits per heavy atom. The van der Waals surface area contributed by atoms with Gasteiger partial charge in [0.15, 0.2) is 5.96 Å². The van der Waals surface area contributed by atoms with Gasteiger partial charge in [-0.3, -0.25) is 4.99 Å². The molecule has 1 aromatic rings. The highest BCUT2D eigenvalue weighted by Gasteiger charge is 2.17. The van der Waals surface area contributed by atoms with Crippen LogP contribution in [0.3, 0.4) is 0 Å². The lowest BCUT2D eigenvalue weighted by Crippen LogP contribution is -2.42. The summed E-state index contributed by atoms with van der Waals surface area (Å²) in [5.41, 5.74) is 6.81. The van der Waals surface area contributed by atoms with E-state index in [2.05, 4.69) is 16.8 Å². The Labute approximate surface area is 149 Å². The summed E-state index contributed by atoms with van der Waals surface area (Å²) >= 11 is 0. The molecule has 0 radical (unpaired) electrons. The molecule has 0 aromatic heterocycles. The van der Waals surface area contributed by atoms with Crippen LogP contribution < -0.4 is 10.5 Å². The first kappa shape index (κ1) is 19.0. The number of hydrogen-bond acceptors (Lipinski definition) is 3. The van der Waals surface area contributed by atoms with E-state index in [-0.39, 0.29) is 30.5 Å². The lowest BCUT2D eigenvalue weighted by molar-refractivity contribution is 0.185. The van der Waals surface area contributed by atoms with Crippen molar-refractivity contribution in [2.45, 2.75) is 25.9 Å². The van der Waals surface area contributed by atoms with Crippen LogP contribution >= 0.6 is 24.0 Å². The molecule has 1 atom stereocenters. The Hall–Kier alpha value is -1.02. The van der Waals surface area contributed by atoms with Crippen LogP contribution in [-0.2, 0) is 0 Å². The maximum absolute atomic E-state index is 10.2. The zero-order valence-electron chi connectivity index (χ0n) is 13.2. The maximum atomic E-state index is 10.2. The van der Waals surface area contributed by atoms with Gasteiger partial charge in [-0.2, -0.15) is 0 Å². The Kier molecular flexibility index (Phi) is 7.95. The van der Waals surface area contributed by atoms with E-state index in [4.69, 9.17) is 10.5 Å². The summed E-state index contributed by atoms with van der Waals surface area (Å²) in [4.78, 5) is 6.43. The van der Waals surface area contributed by atoms with Crippen molar-refractivity contribution >= 4 is 29.9 Å². The van der Waals surface area contributed by atoms with Crippen LogP contribution in [0.4, 0.5) is 0 Å². The van der Waals surface area contributed by atoms with Crippen molar-refractivity contribution in [2.75, 3.05) is 26.7 Å². The van der Waals surface area contributed by atoms with E-state index >= 15 is 0 Å². The van der Waals surface area contributed by atoms with Gasteiger partial charge in [-0.15, -0.1) is 24.0 Å². The minimum Gasteiger partial charge on any atom is -0.497 e. The summed E-state index contributed by atoms with van der Waals surface area (Å²) in [7, 11) is 1.61. The predicted octanol–water partition coefficient (Wildman–Crippen LogP) is 2.39. The second-order valence-corrected chi connectivity index (χ2v) is 5.66. The average Bonchev–Trinajstić information content (AvgIpc) is 2.53. The third-order valence-electron chi connectivity index (χ3n) is 4.01. The van der Waals surface area contributed by atoms with Crippen LogP contribution in [-0.4, -0.2) is 42.7 Å². The number of guanidine groups is 1. The molecule has 0 spiro atoms. The number of piperidine rings is 1. The third-order valence-corrected chi connectivity index (χ3v) is 4.01. The summed E-state index contributed by atoms with van der Waals surface area (Å²) in [5, 5.41) is 10.2. The fourth-order valence-corrected chi connectivity index (χ4v) is 2.47. The summed E-state index contributed by atoms with van der Waals surface area (Å²) in [6, 6.07) is 7.39. The molecule has 6 heteroatoms. The topological polar surface area (TPSA) is 71.1 Å². The normalized spacial score (nSPS) is 17.8. The van der Waals surface area contributed by atoms with Crippen molar-refractivity contribution in [1.29, 1.82) is 0 Å². The van der Waals surface area contributed by atoms with E-state index in [9.17, 15) is 5.11 Å². The highest BCUT2D eigenvalue weighted by Crippen LogP contribution is 2.20. The predicted molar refractivity (Wildman–Crippen MR) is 99.8 cm³/mol. The third kappa shape index (κ3) is 5.31. The molecule has 0 saturated carbocycles. The van der Waals surface area contributed by atoms with E-state index in [1.807, 2.05) is 24.3 Å². The number of benzene rings is 1. The van der Waals surface area contributed by atoms with Gasteiger partial charge in [-0.05, 0) is 36.5 Å². The van der Waals surface area contributed by atoms with E-state index in [1.54, 1.807) is 7.11 Å². The minimum absolute atomic E-state index is 0. The summed E-state index contributed by atoms with van der Waals surface area (Å²) < 4.78 is 5.16. The Balaban J connectivity index is 0.00000242. The zero-order valence-corrected chi connectivity index (χ0v) is 15.6. The van der Waals surface area contributed by atoms with Crippen molar-refractivity contribution in [2.24, 2.45) is 16.6 Å². The van der Waals surface area contributed by atoms with Crippen LogP contribution in [0.1, 0.15) is 31.4 Å². The molecular formula is C16H26IN3O2. The molecule has 1 aromatic carbocycles. The number of halogens is 1. The molecule has 22 heavy (non-hydrogen) atoms. The molecule has 1 unspecified atom stereocenters. The largest absolute Gasteiger partial charge is 0.497 e. The van der Waals surface area contributed by atoms with E-state index < -0.39 is 6.10 Å². The number of aliphatic hydroxyl groups excluding tert-OH is 1. The number of aliphatic imine (C=N–C) groups is 1. The molecule has 3 N–H and O–H groups in total. The van der Waals surface area contributed by atoms with Crippen molar-refractivity contribution in [3.63, 3.8) is 0 Å². The second-order valence-electron chi connectivity index (χ2n) is 5.66. The first-order chi connectivity index (χ1) is 10.1. The minimum atomic E-state index is -0.664. The molecule has 1 fully saturated rings. The molecule has 0 aliphatic carbocycles. The van der Waals surface area contributed by atoms with Gasteiger partial charge in [0.25, 0.3) is 0 Å². The molecular weight excluding hydrogens is 393 g/mol. The number of aliphatic hydroxyl groups is 1. The lowest BCUT2D eigenvalue weighted by Gasteiger charge is -2.31. The molecule has 0 amide bonds. The summed E-state index contributed by atoms with van der Waals surface area (Å²) in [5.74, 6) is 2.02. The van der Waals surface area contributed by atoms with Crippen LogP contribution in [0.2, 0.25) is 0 Å². The van der Waals surface area contributed by atoms with Crippen LogP contribution in [0.25, 0.3) is 0 Å². The number of rotatable bonds is 4. The fourth-order valence-electron chi connectivity index (χ4n) is 2.47. The first-order valence-corrected chi connectivity index (χ1v) is 7.47. The number of nitrogens with two attached hydrogens (primary N) is 1. The number of likely N-dealkylation sites (tertiary alicyclic amines) is 1. The van der Waals surface area contributed by atoms with Crippen LogP contribution in [0.15, 0.2) is 29.3 Å². The summed E-state index contributed by atoms with van der Waals surface area (Å²) in [6.07, 6.45) is 1.63. The summed E-state index contributed by atoms with van der Waals surface area (Å²) in [6.45, 7) is 4.43. The molecule has 124 valence electrons. The molecule has 1 heterocycles. The van der Waals surface area contributed by atoms with Crippen LogP contribution in [0, 0.1) is 5.92 Å². The molecule has 1 saturated heterocycles. The van der Waals surface area contributed by atoms with E-state index in [0.29, 0.717) is 5.96 Å². The fraction of sp³-hybridized carbons (Fsp3) is 0.562. The number of ether oxygens (including phenoxy) is 1. The van der Waals surface area contributed by atoms with Crippen LogP contribution in [0.5, 0.6) is 5.75 Å². The quantitative estimate of drug-likeness (QED) is 0.447. The molecule has 1 aliphatic heterocycles. The van der Waals surface area contributed by atoms with Gasteiger partial charge < -0.3 is 20.5 Å². The number of hydrogen-bond donors (Lipinski definition) is 2. The highest BCUT2D eigenvalue weighted by atomic mass is 127. The molecule has 0 bridgehead atoms. The van der Waals surface area contributed by atoms with Crippen molar-refractivity contribution in [3.05, 3.63) is 29.8 Å².